The van der Waals surface area contributed by atoms with Crippen molar-refractivity contribution in [3.8, 4) is 0 Å². The smallest absolute Gasteiger partial charge is 0.0653 e. The Kier molecular flexibility index (Phi) is 5.96. The highest BCUT2D eigenvalue weighted by atomic mass is 28.3. The second-order valence-electron chi connectivity index (χ2n) is 8.77. The molecule has 1 aliphatic carbocycles. The first-order chi connectivity index (χ1) is 11.2. The van der Waals surface area contributed by atoms with Crippen LogP contribution in [0.4, 0.5) is 0 Å². The summed E-state index contributed by atoms with van der Waals surface area (Å²) >= 11 is 0. The molecule has 0 N–H and O–H groups in total. The van der Waals surface area contributed by atoms with E-state index in [2.05, 4.69) is 85.7 Å². The highest BCUT2D eigenvalue weighted by Crippen LogP contribution is 2.50. The number of hydrogen-bond acceptors (Lipinski definition) is 0. The van der Waals surface area contributed by atoms with Gasteiger partial charge in [0.25, 0.3) is 0 Å². The van der Waals surface area contributed by atoms with Crippen LogP contribution in [0.2, 0.25) is 17.6 Å². The Morgan fingerprint density at radius 3 is 1.54 bits per heavy atom. The lowest BCUT2D eigenvalue weighted by molar-refractivity contribution is 0.673. The summed E-state index contributed by atoms with van der Waals surface area (Å²) in [5.74, 6) is 1.50. The summed E-state index contributed by atoms with van der Waals surface area (Å²) in [6.45, 7) is 19.1. The molecule has 0 aliphatic heterocycles. The van der Waals surface area contributed by atoms with E-state index < -0.39 is 8.07 Å². The fourth-order valence-electron chi connectivity index (χ4n) is 5.13. The summed E-state index contributed by atoms with van der Waals surface area (Å²) in [5, 5.41) is 1.67. The van der Waals surface area contributed by atoms with Gasteiger partial charge in [-0.1, -0.05) is 86.4 Å². The molecular formula is C23H36Si. The van der Waals surface area contributed by atoms with Crippen molar-refractivity contribution in [2.45, 2.75) is 73.0 Å². The normalized spacial score (nSPS) is 16.9. The fraction of sp³-hybridized carbons (Fsp3) is 0.565. The molecule has 0 aromatic heterocycles. The molecule has 0 nitrogen and oxygen atoms in total. The van der Waals surface area contributed by atoms with Crippen LogP contribution in [0.5, 0.6) is 0 Å². The standard InChI is InChI=1S/C23H36Si/c1-16(2)14-24(15-17(3)4,22-12-10-9-11-13-22)23-20(7)18(5)19(6)21(23)8/h9-13,16-17,23H,14-15H2,1-8H3. The van der Waals surface area contributed by atoms with Gasteiger partial charge in [-0.2, -0.15) is 0 Å². The van der Waals surface area contributed by atoms with Gasteiger partial charge in [0.1, 0.15) is 0 Å². The van der Waals surface area contributed by atoms with E-state index in [9.17, 15) is 0 Å². The minimum absolute atomic E-state index is 0.685. The lowest BCUT2D eigenvalue weighted by Gasteiger charge is -2.42. The van der Waals surface area contributed by atoms with Crippen LogP contribution in [0.15, 0.2) is 52.6 Å². The van der Waals surface area contributed by atoms with Gasteiger partial charge in [-0.25, -0.2) is 0 Å². The van der Waals surface area contributed by atoms with Crippen LogP contribution in [-0.4, -0.2) is 8.07 Å². The first-order valence-corrected chi connectivity index (χ1v) is 12.1. The summed E-state index contributed by atoms with van der Waals surface area (Å²) in [5.41, 5.74) is 7.10. The van der Waals surface area contributed by atoms with Crippen LogP contribution in [0.1, 0.15) is 55.4 Å². The Morgan fingerprint density at radius 2 is 1.17 bits per heavy atom. The van der Waals surface area contributed by atoms with E-state index in [1.807, 2.05) is 0 Å². The van der Waals surface area contributed by atoms with Crippen molar-refractivity contribution < 1.29 is 0 Å². The van der Waals surface area contributed by atoms with E-state index in [-0.39, 0.29) is 0 Å². The van der Waals surface area contributed by atoms with Crippen molar-refractivity contribution >= 4 is 13.3 Å². The second-order valence-corrected chi connectivity index (χ2v) is 13.1. The van der Waals surface area contributed by atoms with Crippen molar-refractivity contribution in [1.82, 2.24) is 0 Å². The van der Waals surface area contributed by atoms with E-state index in [4.69, 9.17) is 0 Å². The SMILES string of the molecule is CC1=C(C)C([Si](CC(C)C)(CC(C)C)c2ccccc2)C(C)=C1C. The van der Waals surface area contributed by atoms with Crippen molar-refractivity contribution in [2.75, 3.05) is 0 Å². The molecule has 0 spiro atoms. The Hall–Kier alpha value is -1.08. The third-order valence-corrected chi connectivity index (χ3v) is 12.6. The Bertz CT molecular complexity index is 597. The summed E-state index contributed by atoms with van der Waals surface area (Å²) in [7, 11) is -1.69. The Balaban J connectivity index is 2.70. The number of allylic oxidation sites excluding steroid dienone is 4. The summed E-state index contributed by atoms with van der Waals surface area (Å²) in [4.78, 5) is 0. The molecule has 1 heteroatoms. The maximum absolute atomic E-state index is 2.43. The zero-order valence-electron chi connectivity index (χ0n) is 17.0. The van der Waals surface area contributed by atoms with Crippen LogP contribution < -0.4 is 5.19 Å². The second kappa shape index (κ2) is 7.43. The molecule has 0 radical (unpaired) electrons. The molecule has 1 aliphatic rings. The van der Waals surface area contributed by atoms with Gasteiger partial charge in [0.05, 0.1) is 8.07 Å². The minimum atomic E-state index is -1.69. The maximum Gasteiger partial charge on any atom is 0.0983 e. The van der Waals surface area contributed by atoms with Crippen molar-refractivity contribution in [1.29, 1.82) is 0 Å². The summed E-state index contributed by atoms with van der Waals surface area (Å²) in [6.07, 6.45) is 0. The van der Waals surface area contributed by atoms with E-state index in [0.29, 0.717) is 5.54 Å². The Labute approximate surface area is 151 Å². The van der Waals surface area contributed by atoms with E-state index in [0.717, 1.165) is 11.8 Å². The molecule has 0 unspecified atom stereocenters. The third-order valence-electron chi connectivity index (χ3n) is 6.06. The van der Waals surface area contributed by atoms with Gasteiger partial charge in [0, 0.05) is 5.54 Å². The van der Waals surface area contributed by atoms with Crippen LogP contribution in [0, 0.1) is 11.8 Å². The largest absolute Gasteiger partial charge is 0.0983 e. The first kappa shape index (κ1) is 19.2. The van der Waals surface area contributed by atoms with E-state index >= 15 is 0 Å². The van der Waals surface area contributed by atoms with Gasteiger partial charge >= 0.3 is 0 Å². The van der Waals surface area contributed by atoms with Crippen molar-refractivity contribution in [3.63, 3.8) is 0 Å². The molecule has 1 aromatic rings. The number of rotatable bonds is 6. The monoisotopic (exact) mass is 340 g/mol. The predicted octanol–water partition coefficient (Wildman–Crippen LogP) is 6.71. The molecule has 0 fully saturated rings. The third kappa shape index (κ3) is 3.47. The van der Waals surface area contributed by atoms with Crippen molar-refractivity contribution in [3.05, 3.63) is 52.6 Å². The van der Waals surface area contributed by atoms with Crippen LogP contribution in [0.25, 0.3) is 0 Å². The van der Waals surface area contributed by atoms with E-state index in [1.165, 1.54) is 12.1 Å². The van der Waals surface area contributed by atoms with Gasteiger partial charge in [-0.3, -0.25) is 0 Å². The minimum Gasteiger partial charge on any atom is -0.0653 e. The Morgan fingerprint density at radius 1 is 0.750 bits per heavy atom. The molecule has 24 heavy (non-hydrogen) atoms. The fourth-order valence-corrected chi connectivity index (χ4v) is 12.4. The van der Waals surface area contributed by atoms with Crippen molar-refractivity contribution in [2.24, 2.45) is 11.8 Å². The molecule has 1 aromatic carbocycles. The zero-order chi connectivity index (χ0) is 18.1. The van der Waals surface area contributed by atoms with Gasteiger partial charge < -0.3 is 0 Å². The van der Waals surface area contributed by atoms with Crippen LogP contribution in [0.3, 0.4) is 0 Å². The zero-order valence-corrected chi connectivity index (χ0v) is 18.0. The van der Waals surface area contributed by atoms with Gasteiger partial charge in [0.2, 0.25) is 0 Å². The topological polar surface area (TPSA) is 0 Å². The maximum atomic E-state index is 2.43. The molecule has 0 bridgehead atoms. The summed E-state index contributed by atoms with van der Waals surface area (Å²) < 4.78 is 0. The highest BCUT2D eigenvalue weighted by Gasteiger charge is 2.47. The molecule has 0 heterocycles. The molecule has 132 valence electrons. The van der Waals surface area contributed by atoms with Crippen LogP contribution in [-0.2, 0) is 0 Å². The predicted molar refractivity (Wildman–Crippen MR) is 112 cm³/mol. The summed E-state index contributed by atoms with van der Waals surface area (Å²) in [6, 6.07) is 14.3. The molecule has 0 saturated heterocycles. The molecule has 0 saturated carbocycles. The first-order valence-electron chi connectivity index (χ1n) is 9.61. The van der Waals surface area contributed by atoms with E-state index in [1.54, 1.807) is 27.5 Å². The molecular weight excluding hydrogens is 304 g/mol. The molecule has 2 rings (SSSR count). The quantitative estimate of drug-likeness (QED) is 0.505. The average molecular weight is 341 g/mol. The lowest BCUT2D eigenvalue weighted by Crippen LogP contribution is -2.54. The van der Waals surface area contributed by atoms with Gasteiger partial charge in [-0.05, 0) is 50.7 Å². The highest BCUT2D eigenvalue weighted by molar-refractivity contribution is 6.94. The lowest BCUT2D eigenvalue weighted by atomic mass is 10.1. The number of benzene rings is 1. The average Bonchev–Trinajstić information content (AvgIpc) is 2.70. The number of hydrogen-bond donors (Lipinski definition) is 0. The molecule has 0 amide bonds. The molecule has 0 atom stereocenters. The van der Waals surface area contributed by atoms with Crippen LogP contribution >= 0.6 is 0 Å². The van der Waals surface area contributed by atoms with Gasteiger partial charge in [0.15, 0.2) is 0 Å². The van der Waals surface area contributed by atoms with Gasteiger partial charge in [-0.15, -0.1) is 0 Å².